The van der Waals surface area contributed by atoms with E-state index in [1.54, 1.807) is 38.4 Å². The molecule has 8 atom stereocenters. The number of rotatable bonds is 12. The maximum Gasteiger partial charge on any atom is 0.342 e. The number of nitrogens with two attached hydrogens (primary N) is 1. The third kappa shape index (κ3) is 7.93. The molecule has 55 heavy (non-hydrogen) atoms. The van der Waals surface area contributed by atoms with Crippen LogP contribution in [0.4, 0.5) is 11.8 Å². The molecule has 0 aromatic carbocycles. The topological polar surface area (TPSA) is 236 Å². The summed E-state index contributed by atoms with van der Waals surface area (Å²) in [7, 11) is 0. The van der Waals surface area contributed by atoms with Gasteiger partial charge >= 0.3 is 11.9 Å². The summed E-state index contributed by atoms with van der Waals surface area (Å²) in [4.78, 5) is 61.3. The normalized spacial score (nSPS) is 29.3. The SMILES string of the molecule is C=C1C(NC(C)C(=O)NC2=NCC=N2)CC2[C@](C)(CC[C@@H](O)[C@@]2(C)CO)C1CC(Nc1ccccn1)C1=C/C(=C(/C(=O)OCC)c2cnc(N)nc2)OC1=O. The molecule has 4 heterocycles. The number of amides is 1. The Kier molecular flexibility index (Phi) is 11.6. The predicted molar refractivity (Wildman–Crippen MR) is 205 cm³/mol. The van der Waals surface area contributed by atoms with Gasteiger partial charge in [0.25, 0.3) is 0 Å². The number of aromatic nitrogens is 3. The molecule has 4 aliphatic rings. The number of allylic oxidation sites excluding steroid dienone is 1. The zero-order chi connectivity index (χ0) is 39.5. The number of aliphatic hydroxyl groups excluding tert-OH is 2. The van der Waals surface area contributed by atoms with Crippen LogP contribution >= 0.6 is 0 Å². The average molecular weight is 756 g/mol. The molecular weight excluding hydrogens is 706 g/mol. The van der Waals surface area contributed by atoms with E-state index in [1.165, 1.54) is 18.5 Å². The van der Waals surface area contributed by atoms with Gasteiger partial charge in [0.1, 0.15) is 17.2 Å². The predicted octanol–water partition coefficient (Wildman–Crippen LogP) is 2.34. The number of fused-ring (bicyclic) bond motifs is 1. The van der Waals surface area contributed by atoms with Gasteiger partial charge in [-0.1, -0.05) is 32.1 Å². The number of aliphatic hydroxyl groups is 2. The highest BCUT2D eigenvalue weighted by Crippen LogP contribution is 2.62. The molecule has 2 fully saturated rings. The van der Waals surface area contributed by atoms with E-state index < -0.39 is 47.0 Å². The second-order valence-corrected chi connectivity index (χ2v) is 15.0. The zero-order valence-corrected chi connectivity index (χ0v) is 31.5. The Balaban J connectivity index is 1.41. The van der Waals surface area contributed by atoms with Crippen LogP contribution in [0.15, 0.2) is 76.3 Å². The molecule has 2 aliphatic heterocycles. The largest absolute Gasteiger partial charge is 0.462 e. The third-order valence-electron chi connectivity index (χ3n) is 11.7. The zero-order valence-electron chi connectivity index (χ0n) is 31.5. The molecule has 7 N–H and O–H groups in total. The number of cyclic esters (lactones) is 1. The van der Waals surface area contributed by atoms with Crippen molar-refractivity contribution in [3.8, 4) is 0 Å². The highest BCUT2D eigenvalue weighted by Gasteiger charge is 2.60. The molecular formula is C39H49N9O7. The van der Waals surface area contributed by atoms with Gasteiger partial charge in [-0.25, -0.2) is 34.5 Å². The number of nitrogens with zero attached hydrogens (tertiary/aromatic N) is 5. The van der Waals surface area contributed by atoms with E-state index in [9.17, 15) is 24.6 Å². The van der Waals surface area contributed by atoms with Crippen LogP contribution in [0.2, 0.25) is 0 Å². The number of aliphatic imine (C=N–C) groups is 2. The van der Waals surface area contributed by atoms with Crippen LogP contribution in [0.5, 0.6) is 0 Å². The molecule has 0 radical (unpaired) electrons. The summed E-state index contributed by atoms with van der Waals surface area (Å²) in [6, 6.07) is 3.56. The maximum atomic E-state index is 13.9. The molecule has 2 aromatic heterocycles. The van der Waals surface area contributed by atoms with Crippen LogP contribution < -0.4 is 21.7 Å². The van der Waals surface area contributed by atoms with Crippen LogP contribution in [-0.2, 0) is 23.9 Å². The van der Waals surface area contributed by atoms with Gasteiger partial charge in [0.2, 0.25) is 17.8 Å². The molecule has 2 saturated carbocycles. The number of carbonyl (C=O) groups is 3. The van der Waals surface area contributed by atoms with Crippen LogP contribution in [-0.4, -0.2) is 99.2 Å². The molecule has 0 bridgehead atoms. The van der Waals surface area contributed by atoms with Gasteiger partial charge in [-0.05, 0) is 75.0 Å². The van der Waals surface area contributed by atoms with E-state index in [-0.39, 0.29) is 65.3 Å². The fourth-order valence-electron chi connectivity index (χ4n) is 8.63. The second-order valence-electron chi connectivity index (χ2n) is 15.0. The number of hydrogen-bond donors (Lipinski definition) is 6. The molecule has 6 rings (SSSR count). The summed E-state index contributed by atoms with van der Waals surface area (Å²) in [5.74, 6) is -1.56. The molecule has 292 valence electrons. The number of hydrogen-bond acceptors (Lipinski definition) is 15. The monoisotopic (exact) mass is 755 g/mol. The van der Waals surface area contributed by atoms with Crippen molar-refractivity contribution >= 4 is 47.4 Å². The number of anilines is 2. The van der Waals surface area contributed by atoms with E-state index in [0.717, 1.165) is 5.57 Å². The summed E-state index contributed by atoms with van der Waals surface area (Å²) in [5, 5.41) is 31.9. The summed E-state index contributed by atoms with van der Waals surface area (Å²) in [5.41, 5.74) is 5.59. The minimum atomic E-state index is -0.869. The summed E-state index contributed by atoms with van der Waals surface area (Å²) in [6.07, 6.45) is 8.60. The van der Waals surface area contributed by atoms with Crippen molar-refractivity contribution in [2.24, 2.45) is 32.7 Å². The molecule has 1 amide bonds. The van der Waals surface area contributed by atoms with E-state index >= 15 is 0 Å². The van der Waals surface area contributed by atoms with Crippen LogP contribution in [0, 0.1) is 22.7 Å². The Morgan fingerprint density at radius 2 is 1.96 bits per heavy atom. The molecule has 16 heteroatoms. The lowest BCUT2D eigenvalue weighted by Crippen LogP contribution is -2.62. The van der Waals surface area contributed by atoms with Crippen molar-refractivity contribution in [2.45, 2.75) is 77.6 Å². The fraction of sp³-hybridized carbons (Fsp3) is 0.487. The van der Waals surface area contributed by atoms with E-state index in [4.69, 9.17) is 15.2 Å². The van der Waals surface area contributed by atoms with Crippen molar-refractivity contribution in [3.63, 3.8) is 0 Å². The van der Waals surface area contributed by atoms with Gasteiger partial charge in [-0.2, -0.15) is 0 Å². The molecule has 0 saturated heterocycles. The molecule has 0 spiro atoms. The first kappa shape index (κ1) is 39.4. The van der Waals surface area contributed by atoms with Gasteiger partial charge in [0.15, 0.2) is 0 Å². The Morgan fingerprint density at radius 1 is 1.20 bits per heavy atom. The van der Waals surface area contributed by atoms with Crippen molar-refractivity contribution in [2.75, 3.05) is 30.8 Å². The molecule has 2 aromatic rings. The number of nitrogens with one attached hydrogen (secondary N) is 3. The summed E-state index contributed by atoms with van der Waals surface area (Å²) in [6.45, 7) is 12.3. The number of esters is 2. The van der Waals surface area contributed by atoms with Gasteiger partial charge in [-0.15, -0.1) is 0 Å². The lowest BCUT2D eigenvalue weighted by Gasteiger charge is -2.62. The number of carbonyl (C=O) groups excluding carboxylic acids is 3. The van der Waals surface area contributed by atoms with Crippen molar-refractivity contribution in [3.05, 3.63) is 71.9 Å². The molecule has 16 nitrogen and oxygen atoms in total. The van der Waals surface area contributed by atoms with Gasteiger partial charge < -0.3 is 30.7 Å². The number of pyridine rings is 1. The Morgan fingerprint density at radius 3 is 2.62 bits per heavy atom. The quantitative estimate of drug-likeness (QED) is 0.104. The minimum absolute atomic E-state index is 0.00321. The fourth-order valence-corrected chi connectivity index (χ4v) is 8.63. The Labute approximate surface area is 319 Å². The van der Waals surface area contributed by atoms with Crippen molar-refractivity contribution < 1.29 is 34.1 Å². The van der Waals surface area contributed by atoms with Gasteiger partial charge in [0.05, 0.1) is 43.5 Å². The molecule has 2 aliphatic carbocycles. The standard InChI is InChI=1S/C39H49N9O7/c1-6-54-35(53)32(23-18-44-36(40)45-19-23)28-15-24(34(52)55-28)27(47-31-9-7-8-12-41-31)16-25-21(2)26(46-22(3)33(51)48-37-42-13-14-43-37)17-29-38(25,4)11-10-30(50)39(29,5)20-49/h7-9,12-13,15,18-19,22,25-27,29-30,46,49-50H,2,6,10-11,14,16-17,20H2,1,3-5H3,(H,41,47)(H2,40,44,45)(H,43,48,51)/b32-28-/t22?,25?,26?,27?,29?,30-,38-,39+/m1/s1. The third-order valence-corrected chi connectivity index (χ3v) is 11.7. The Hall–Kier alpha value is -5.32. The number of nitrogen functional groups attached to an aromatic ring is 1. The smallest absolute Gasteiger partial charge is 0.342 e. The average Bonchev–Trinajstić information content (AvgIpc) is 3.83. The first-order valence-electron chi connectivity index (χ1n) is 18.5. The van der Waals surface area contributed by atoms with Crippen molar-refractivity contribution in [1.82, 2.24) is 25.6 Å². The summed E-state index contributed by atoms with van der Waals surface area (Å²) < 4.78 is 11.1. The number of ether oxygens (including phenoxy) is 2. The van der Waals surface area contributed by atoms with Crippen molar-refractivity contribution in [1.29, 1.82) is 0 Å². The molecule has 5 unspecified atom stereocenters. The first-order valence-corrected chi connectivity index (χ1v) is 18.5. The maximum absolute atomic E-state index is 13.9. The summed E-state index contributed by atoms with van der Waals surface area (Å²) >= 11 is 0. The lowest BCUT2D eigenvalue weighted by atomic mass is 9.45. The van der Waals surface area contributed by atoms with E-state index in [0.29, 0.717) is 38.0 Å². The van der Waals surface area contributed by atoms with Crippen LogP contribution in [0.1, 0.15) is 58.9 Å². The highest BCUT2D eigenvalue weighted by atomic mass is 16.6. The number of guanidine groups is 1. The highest BCUT2D eigenvalue weighted by molar-refractivity contribution is 6.18. The van der Waals surface area contributed by atoms with Gasteiger partial charge in [0, 0.05) is 41.8 Å². The Bertz CT molecular complexity index is 1930. The van der Waals surface area contributed by atoms with E-state index in [1.807, 2.05) is 13.0 Å². The van der Waals surface area contributed by atoms with Crippen LogP contribution in [0.25, 0.3) is 5.57 Å². The first-order chi connectivity index (χ1) is 26.3. The van der Waals surface area contributed by atoms with Crippen LogP contribution in [0.3, 0.4) is 0 Å². The van der Waals surface area contributed by atoms with E-state index in [2.05, 4.69) is 54.4 Å². The van der Waals surface area contributed by atoms with Gasteiger partial charge in [-0.3, -0.25) is 15.4 Å². The minimum Gasteiger partial charge on any atom is -0.462 e. The lowest BCUT2D eigenvalue weighted by molar-refractivity contribution is -0.156. The second kappa shape index (κ2) is 16.2.